The maximum Gasteiger partial charge on any atom is 0.0815 e. The second kappa shape index (κ2) is 6.02. The molecular formula is C7H15Cl2N. The van der Waals surface area contributed by atoms with Crippen LogP contribution in [0.3, 0.4) is 0 Å². The molecule has 0 aromatic carbocycles. The molecule has 0 saturated carbocycles. The number of halogens is 2. The first kappa shape index (κ1) is 12.9. The van der Waals surface area contributed by atoms with Crippen LogP contribution in [0.1, 0.15) is 6.42 Å². The highest BCUT2D eigenvalue weighted by molar-refractivity contribution is 6.25. The van der Waals surface area contributed by atoms with E-state index in [1.165, 1.54) is 0 Å². The molecule has 0 spiro atoms. The van der Waals surface area contributed by atoms with Gasteiger partial charge in [0, 0.05) is 12.0 Å². The Kier molecular flexibility index (Phi) is 7.77. The minimum atomic E-state index is 0. The molecule has 0 aliphatic heterocycles. The van der Waals surface area contributed by atoms with Gasteiger partial charge in [-0.2, -0.15) is 0 Å². The third-order valence-corrected chi connectivity index (χ3v) is 1.23. The minimum Gasteiger partial charge on any atom is -1.00 e. The largest absolute Gasteiger partial charge is 1.00 e. The predicted octanol–water partition coefficient (Wildman–Crippen LogP) is -1.16. The van der Waals surface area contributed by atoms with Crippen LogP contribution in [0.25, 0.3) is 0 Å². The lowest BCUT2D eigenvalue weighted by molar-refractivity contribution is -0.869. The van der Waals surface area contributed by atoms with Crippen LogP contribution < -0.4 is 12.4 Å². The Bertz CT molecular complexity index is 94.3. The lowest BCUT2D eigenvalue weighted by atomic mass is 10.4. The van der Waals surface area contributed by atoms with Gasteiger partial charge in [0.1, 0.15) is 0 Å². The van der Waals surface area contributed by atoms with Gasteiger partial charge in [-0.25, -0.2) is 0 Å². The van der Waals surface area contributed by atoms with Gasteiger partial charge in [-0.05, 0) is 0 Å². The highest BCUT2D eigenvalue weighted by Crippen LogP contribution is 1.94. The van der Waals surface area contributed by atoms with E-state index in [-0.39, 0.29) is 12.4 Å². The Morgan fingerprint density at radius 2 is 1.80 bits per heavy atom. The normalized spacial score (nSPS) is 11.6. The maximum atomic E-state index is 5.34. The van der Waals surface area contributed by atoms with Gasteiger partial charge < -0.3 is 16.9 Å². The molecule has 0 aromatic rings. The topological polar surface area (TPSA) is 0 Å². The summed E-state index contributed by atoms with van der Waals surface area (Å²) in [6.45, 7) is 1.14. The molecule has 10 heavy (non-hydrogen) atoms. The number of rotatable bonds is 3. The quantitative estimate of drug-likeness (QED) is 0.485. The zero-order chi connectivity index (χ0) is 7.33. The monoisotopic (exact) mass is 183 g/mol. The van der Waals surface area contributed by atoms with Crippen molar-refractivity contribution in [1.29, 1.82) is 0 Å². The van der Waals surface area contributed by atoms with E-state index in [9.17, 15) is 0 Å². The first-order valence-electron chi connectivity index (χ1n) is 3.12. The van der Waals surface area contributed by atoms with Gasteiger partial charge in [0.25, 0.3) is 0 Å². The molecule has 0 rings (SSSR count). The molecule has 0 radical (unpaired) electrons. The molecule has 0 aromatic heterocycles. The van der Waals surface area contributed by atoms with Crippen LogP contribution >= 0.6 is 11.6 Å². The minimum absolute atomic E-state index is 0. The average Bonchev–Trinajstić information content (AvgIpc) is 1.63. The molecule has 0 saturated heterocycles. The smallest absolute Gasteiger partial charge is 0.0815 e. The Hall–Kier alpha value is 0.280. The fraction of sp³-hybridized carbons (Fsp3) is 0.714. The number of nitrogens with zero attached hydrogens (tertiary/aromatic N) is 1. The van der Waals surface area contributed by atoms with Crippen LogP contribution in [-0.2, 0) is 0 Å². The lowest BCUT2D eigenvalue weighted by Crippen LogP contribution is -3.00. The fourth-order valence-corrected chi connectivity index (χ4v) is 0.651. The Morgan fingerprint density at radius 1 is 1.30 bits per heavy atom. The zero-order valence-corrected chi connectivity index (χ0v) is 8.28. The van der Waals surface area contributed by atoms with Gasteiger partial charge in [0.15, 0.2) is 0 Å². The van der Waals surface area contributed by atoms with Crippen LogP contribution in [0.5, 0.6) is 0 Å². The van der Waals surface area contributed by atoms with Gasteiger partial charge >= 0.3 is 0 Å². The van der Waals surface area contributed by atoms with E-state index >= 15 is 0 Å². The molecule has 3 heteroatoms. The van der Waals surface area contributed by atoms with E-state index in [4.69, 9.17) is 11.6 Å². The zero-order valence-electron chi connectivity index (χ0n) is 6.77. The highest BCUT2D eigenvalue weighted by atomic mass is 35.5. The second-order valence-electron chi connectivity index (χ2n) is 3.16. The Morgan fingerprint density at radius 3 is 2.10 bits per heavy atom. The molecule has 0 unspecified atom stereocenters. The molecule has 0 aliphatic rings. The second-order valence-corrected chi connectivity index (χ2v) is 3.42. The molecule has 0 N–H and O–H groups in total. The van der Waals surface area contributed by atoms with Crippen molar-refractivity contribution in [3.05, 3.63) is 11.6 Å². The molecule has 1 nitrogen and oxygen atoms in total. The maximum absolute atomic E-state index is 5.34. The van der Waals surface area contributed by atoms with Gasteiger partial charge in [0.2, 0.25) is 0 Å². The van der Waals surface area contributed by atoms with Crippen LogP contribution in [0.2, 0.25) is 0 Å². The van der Waals surface area contributed by atoms with Gasteiger partial charge in [0.05, 0.1) is 27.7 Å². The number of hydrogen-bond acceptors (Lipinski definition) is 0. The summed E-state index contributed by atoms with van der Waals surface area (Å²) in [6, 6.07) is 0. The molecule has 0 atom stereocenters. The van der Waals surface area contributed by atoms with Gasteiger partial charge in [-0.3, -0.25) is 0 Å². The van der Waals surface area contributed by atoms with Gasteiger partial charge in [-0.1, -0.05) is 17.7 Å². The summed E-state index contributed by atoms with van der Waals surface area (Å²) < 4.78 is 1.00. The van der Waals surface area contributed by atoms with Gasteiger partial charge in [-0.15, -0.1) is 0 Å². The lowest BCUT2D eigenvalue weighted by Gasteiger charge is -2.22. The van der Waals surface area contributed by atoms with Crippen LogP contribution in [0.15, 0.2) is 11.6 Å². The number of quaternary nitrogens is 1. The molecular weight excluding hydrogens is 169 g/mol. The first-order valence-corrected chi connectivity index (χ1v) is 3.55. The molecule has 0 bridgehead atoms. The van der Waals surface area contributed by atoms with Crippen molar-refractivity contribution in [2.75, 3.05) is 27.7 Å². The van der Waals surface area contributed by atoms with E-state index in [1.54, 1.807) is 5.54 Å². The van der Waals surface area contributed by atoms with Crippen LogP contribution in [-0.4, -0.2) is 32.2 Å². The number of hydrogen-bond donors (Lipinski definition) is 0. The summed E-state index contributed by atoms with van der Waals surface area (Å²) in [5.41, 5.74) is 1.58. The summed E-state index contributed by atoms with van der Waals surface area (Å²) in [7, 11) is 6.51. The molecule has 0 aliphatic carbocycles. The van der Waals surface area contributed by atoms with Crippen molar-refractivity contribution in [3.8, 4) is 0 Å². The average molecular weight is 184 g/mol. The van der Waals surface area contributed by atoms with E-state index in [0.29, 0.717) is 0 Å². The fourth-order valence-electron chi connectivity index (χ4n) is 0.525. The Balaban J connectivity index is 0. The molecule has 0 heterocycles. The van der Waals surface area contributed by atoms with E-state index in [2.05, 4.69) is 21.1 Å². The van der Waals surface area contributed by atoms with Crippen molar-refractivity contribution in [1.82, 2.24) is 0 Å². The van der Waals surface area contributed by atoms with Crippen molar-refractivity contribution in [3.63, 3.8) is 0 Å². The van der Waals surface area contributed by atoms with Crippen molar-refractivity contribution >= 4 is 11.6 Å². The highest BCUT2D eigenvalue weighted by Gasteiger charge is 2.02. The van der Waals surface area contributed by atoms with E-state index < -0.39 is 0 Å². The summed E-state index contributed by atoms with van der Waals surface area (Å²) in [5.74, 6) is 0. The van der Waals surface area contributed by atoms with E-state index in [1.807, 2.05) is 6.08 Å². The predicted molar refractivity (Wildman–Crippen MR) is 42.5 cm³/mol. The van der Waals surface area contributed by atoms with Crippen molar-refractivity contribution in [2.24, 2.45) is 0 Å². The summed E-state index contributed by atoms with van der Waals surface area (Å²) in [5, 5.41) is 0. The molecule has 62 valence electrons. The van der Waals surface area contributed by atoms with Crippen molar-refractivity contribution in [2.45, 2.75) is 6.42 Å². The Labute approximate surface area is 74.7 Å². The first-order chi connectivity index (χ1) is 4.06. The standard InChI is InChI=1S/C7H15ClN.ClH/c1-9(2,3)7-5-4-6-8;/h4,6H,5,7H2,1-3H3;1H/q+1;/p-1/b6-4+;. The third-order valence-electron chi connectivity index (χ3n) is 1.06. The third kappa shape index (κ3) is 11.1. The summed E-state index contributed by atoms with van der Waals surface area (Å²) >= 11 is 5.34. The van der Waals surface area contributed by atoms with Crippen molar-refractivity contribution < 1.29 is 16.9 Å². The van der Waals surface area contributed by atoms with Crippen LogP contribution in [0, 0.1) is 0 Å². The van der Waals surface area contributed by atoms with E-state index in [0.717, 1.165) is 17.4 Å². The summed E-state index contributed by atoms with van der Waals surface area (Å²) in [4.78, 5) is 0. The van der Waals surface area contributed by atoms with Crippen LogP contribution in [0.4, 0.5) is 0 Å². The molecule has 0 fully saturated rings. The SMILES string of the molecule is C[N+](C)(C)CC/C=C/Cl.[Cl-]. The molecule has 0 amide bonds. The summed E-state index contributed by atoms with van der Waals surface area (Å²) in [6.07, 6.45) is 3.04.